The van der Waals surface area contributed by atoms with Crippen LogP contribution in [-0.2, 0) is 14.8 Å². The van der Waals surface area contributed by atoms with Gasteiger partial charge in [0, 0.05) is 19.2 Å². The van der Waals surface area contributed by atoms with E-state index in [-0.39, 0.29) is 18.7 Å². The Bertz CT molecular complexity index is 286. The number of ether oxygens (including phenoxy) is 1. The van der Waals surface area contributed by atoms with Gasteiger partial charge in [-0.3, -0.25) is 0 Å². The number of rotatable bonds is 6. The third-order valence-electron chi connectivity index (χ3n) is 2.69. The average molecular weight is 236 g/mol. The summed E-state index contributed by atoms with van der Waals surface area (Å²) in [4.78, 5) is 0. The zero-order valence-corrected chi connectivity index (χ0v) is 10.1. The van der Waals surface area contributed by atoms with Crippen molar-refractivity contribution in [1.29, 1.82) is 0 Å². The van der Waals surface area contributed by atoms with Crippen LogP contribution in [0.1, 0.15) is 26.7 Å². The van der Waals surface area contributed by atoms with Crippen molar-refractivity contribution in [3.63, 3.8) is 0 Å². The molecular weight excluding hydrogens is 216 g/mol. The lowest BCUT2D eigenvalue weighted by Crippen LogP contribution is -2.50. The van der Waals surface area contributed by atoms with Crippen molar-refractivity contribution in [3.05, 3.63) is 0 Å². The number of nitrogens with two attached hydrogens (primary N) is 1. The molecule has 0 heterocycles. The van der Waals surface area contributed by atoms with Crippen molar-refractivity contribution in [3.8, 4) is 0 Å². The van der Waals surface area contributed by atoms with Crippen molar-refractivity contribution >= 4 is 10.0 Å². The molecule has 1 aliphatic carbocycles. The van der Waals surface area contributed by atoms with Gasteiger partial charge in [0.1, 0.15) is 0 Å². The minimum Gasteiger partial charge on any atom is -0.378 e. The minimum absolute atomic E-state index is 0.0283. The molecule has 1 aliphatic rings. The summed E-state index contributed by atoms with van der Waals surface area (Å²) >= 11 is 0. The Kier molecular flexibility index (Phi) is 4.51. The van der Waals surface area contributed by atoms with E-state index in [0.29, 0.717) is 6.61 Å². The Balaban J connectivity index is 2.33. The van der Waals surface area contributed by atoms with Crippen molar-refractivity contribution in [2.24, 2.45) is 5.73 Å². The normalized spacial score (nSPS) is 28.5. The zero-order chi connectivity index (χ0) is 11.5. The van der Waals surface area contributed by atoms with Crippen LogP contribution in [0.4, 0.5) is 0 Å². The highest BCUT2D eigenvalue weighted by Gasteiger charge is 2.33. The Hall–Kier alpha value is -0.170. The summed E-state index contributed by atoms with van der Waals surface area (Å²) in [5, 5.41) is -0.524. The molecule has 0 radical (unpaired) electrons. The highest BCUT2D eigenvalue weighted by atomic mass is 32.2. The second-order valence-electron chi connectivity index (χ2n) is 3.95. The molecule has 1 rings (SSSR count). The zero-order valence-electron chi connectivity index (χ0n) is 9.27. The summed E-state index contributed by atoms with van der Waals surface area (Å²) < 4.78 is 31.2. The third kappa shape index (κ3) is 3.41. The highest BCUT2D eigenvalue weighted by molar-refractivity contribution is 7.90. The van der Waals surface area contributed by atoms with E-state index in [9.17, 15) is 8.42 Å². The van der Waals surface area contributed by atoms with Crippen molar-refractivity contribution in [2.45, 2.75) is 44.1 Å². The summed E-state index contributed by atoms with van der Waals surface area (Å²) in [6, 6.07) is 0.0283. The molecule has 6 heteroatoms. The topological polar surface area (TPSA) is 81.4 Å². The van der Waals surface area contributed by atoms with E-state index < -0.39 is 15.3 Å². The van der Waals surface area contributed by atoms with Gasteiger partial charge in [-0.15, -0.1) is 0 Å². The summed E-state index contributed by atoms with van der Waals surface area (Å²) in [6.07, 6.45) is 1.75. The second-order valence-corrected chi connectivity index (χ2v) is 6.09. The van der Waals surface area contributed by atoms with Gasteiger partial charge in [0.25, 0.3) is 0 Å². The molecule has 3 N–H and O–H groups in total. The first kappa shape index (κ1) is 12.9. The predicted molar refractivity (Wildman–Crippen MR) is 59.0 cm³/mol. The van der Waals surface area contributed by atoms with E-state index in [0.717, 1.165) is 12.8 Å². The molecule has 0 aromatic carbocycles. The molecule has 0 amide bonds. The van der Waals surface area contributed by atoms with Crippen LogP contribution in [-0.4, -0.2) is 39.0 Å². The molecule has 0 aliphatic heterocycles. The quantitative estimate of drug-likeness (QED) is 0.670. The highest BCUT2D eigenvalue weighted by Crippen LogP contribution is 2.24. The smallest absolute Gasteiger partial charge is 0.215 e. The maximum absolute atomic E-state index is 11.6. The maximum Gasteiger partial charge on any atom is 0.215 e. The fourth-order valence-electron chi connectivity index (χ4n) is 1.51. The summed E-state index contributed by atoms with van der Waals surface area (Å²) in [5.74, 6) is 0. The van der Waals surface area contributed by atoms with E-state index >= 15 is 0 Å². The van der Waals surface area contributed by atoms with Crippen molar-refractivity contribution in [1.82, 2.24) is 4.72 Å². The van der Waals surface area contributed by atoms with Gasteiger partial charge in [0.15, 0.2) is 0 Å². The SMILES string of the molecule is CCOC1CC(NS(=O)(=O)C(C)CN)C1. The number of nitrogens with one attached hydrogen (secondary N) is 1. The van der Waals surface area contributed by atoms with Crippen LogP contribution in [0.3, 0.4) is 0 Å². The van der Waals surface area contributed by atoms with Crippen LogP contribution in [0.25, 0.3) is 0 Å². The first-order valence-electron chi connectivity index (χ1n) is 5.32. The molecule has 1 unspecified atom stereocenters. The lowest BCUT2D eigenvalue weighted by molar-refractivity contribution is -0.00479. The van der Waals surface area contributed by atoms with Gasteiger partial charge in [-0.25, -0.2) is 13.1 Å². The predicted octanol–water partition coefficient (Wildman–Crippen LogP) is -0.179. The lowest BCUT2D eigenvalue weighted by atomic mass is 9.90. The molecule has 0 bridgehead atoms. The summed E-state index contributed by atoms with van der Waals surface area (Å²) in [7, 11) is -3.24. The van der Waals surface area contributed by atoms with Gasteiger partial charge in [-0.2, -0.15) is 0 Å². The Morgan fingerprint density at radius 1 is 1.53 bits per heavy atom. The van der Waals surface area contributed by atoms with Gasteiger partial charge in [0.2, 0.25) is 10.0 Å². The van der Waals surface area contributed by atoms with Gasteiger partial charge < -0.3 is 10.5 Å². The van der Waals surface area contributed by atoms with E-state index in [1.807, 2.05) is 6.92 Å². The summed E-state index contributed by atoms with van der Waals surface area (Å²) in [5.41, 5.74) is 5.32. The molecule has 1 fully saturated rings. The van der Waals surface area contributed by atoms with Crippen LogP contribution >= 0.6 is 0 Å². The fourth-order valence-corrected chi connectivity index (χ4v) is 2.65. The first-order valence-corrected chi connectivity index (χ1v) is 6.87. The monoisotopic (exact) mass is 236 g/mol. The van der Waals surface area contributed by atoms with Gasteiger partial charge in [-0.1, -0.05) is 0 Å². The molecule has 1 saturated carbocycles. The van der Waals surface area contributed by atoms with E-state index in [1.165, 1.54) is 0 Å². The standard InChI is InChI=1S/C9H20N2O3S/c1-3-14-9-4-8(5-9)11-15(12,13)7(2)6-10/h7-9,11H,3-6,10H2,1-2H3. The average Bonchev–Trinajstić information content (AvgIpc) is 2.13. The van der Waals surface area contributed by atoms with Crippen molar-refractivity contribution in [2.75, 3.05) is 13.2 Å². The Morgan fingerprint density at radius 2 is 2.13 bits per heavy atom. The molecule has 15 heavy (non-hydrogen) atoms. The van der Waals surface area contributed by atoms with Crippen LogP contribution < -0.4 is 10.5 Å². The van der Waals surface area contributed by atoms with E-state index in [1.54, 1.807) is 6.92 Å². The lowest BCUT2D eigenvalue weighted by Gasteiger charge is -2.35. The van der Waals surface area contributed by atoms with Crippen LogP contribution in [0.2, 0.25) is 0 Å². The summed E-state index contributed by atoms with van der Waals surface area (Å²) in [6.45, 7) is 4.38. The van der Waals surface area contributed by atoms with Gasteiger partial charge in [-0.05, 0) is 26.7 Å². The van der Waals surface area contributed by atoms with Gasteiger partial charge >= 0.3 is 0 Å². The first-order chi connectivity index (χ1) is 6.99. The molecule has 5 nitrogen and oxygen atoms in total. The van der Waals surface area contributed by atoms with E-state index in [2.05, 4.69) is 4.72 Å². The van der Waals surface area contributed by atoms with Crippen LogP contribution in [0.15, 0.2) is 0 Å². The van der Waals surface area contributed by atoms with Crippen LogP contribution in [0.5, 0.6) is 0 Å². The number of sulfonamides is 1. The Labute approximate surface area is 91.4 Å². The van der Waals surface area contributed by atoms with Crippen LogP contribution in [0, 0.1) is 0 Å². The molecule has 90 valence electrons. The third-order valence-corrected chi connectivity index (χ3v) is 4.60. The molecule has 0 aromatic heterocycles. The fraction of sp³-hybridized carbons (Fsp3) is 1.00. The largest absolute Gasteiger partial charge is 0.378 e. The second kappa shape index (κ2) is 5.25. The number of hydrogen-bond donors (Lipinski definition) is 2. The molecule has 1 atom stereocenters. The van der Waals surface area contributed by atoms with Crippen molar-refractivity contribution < 1.29 is 13.2 Å². The van der Waals surface area contributed by atoms with Gasteiger partial charge in [0.05, 0.1) is 11.4 Å². The maximum atomic E-state index is 11.6. The molecule has 0 aromatic rings. The Morgan fingerprint density at radius 3 is 2.60 bits per heavy atom. The van der Waals surface area contributed by atoms with E-state index in [4.69, 9.17) is 10.5 Å². The minimum atomic E-state index is -3.24. The molecular formula is C9H20N2O3S. The molecule has 0 spiro atoms. The molecule has 0 saturated heterocycles. The number of hydrogen-bond acceptors (Lipinski definition) is 4.